The van der Waals surface area contributed by atoms with E-state index in [1.54, 1.807) is 18.2 Å². The van der Waals surface area contributed by atoms with Crippen molar-refractivity contribution < 1.29 is 27.9 Å². The minimum atomic E-state index is -4.17. The Hall–Kier alpha value is -2.14. The zero-order valence-electron chi connectivity index (χ0n) is 16.4. The number of amides is 1. The number of ether oxygens (including phenoxy) is 1. The number of nitrogens with one attached hydrogen (secondary N) is 2. The van der Waals surface area contributed by atoms with E-state index in [0.717, 1.165) is 11.8 Å². The molecular weight excluding hydrogens is 546 g/mol. The van der Waals surface area contributed by atoms with Crippen LogP contribution in [0.25, 0.3) is 0 Å². The Bertz CT molecular complexity index is 1140. The lowest BCUT2D eigenvalue weighted by atomic mass is 10.2. The van der Waals surface area contributed by atoms with Crippen molar-refractivity contribution in [2.75, 3.05) is 11.9 Å². The monoisotopic (exact) mass is 561 g/mol. The van der Waals surface area contributed by atoms with Gasteiger partial charge in [0.1, 0.15) is 11.4 Å². The molecule has 0 heterocycles. The molecule has 13 heteroatoms. The fraction of sp³-hybridized carbons (Fsp3) is 0.211. The van der Waals surface area contributed by atoms with Crippen LogP contribution in [-0.4, -0.2) is 44.2 Å². The van der Waals surface area contributed by atoms with E-state index in [2.05, 4.69) is 26.0 Å². The number of nitriles is 1. The van der Waals surface area contributed by atoms with E-state index in [4.69, 9.17) is 21.6 Å². The standard InChI is InChI=1S/C19H17BrClN3O6S2/c1-11(25)18(24-32(28,29)14-5-2-12(21)3-6-14)19(27)30-9-17(26)23-16-7-4-13(31-10-22)8-15(16)20/h2-8,11,18,24-25H,9H2,1H3,(H,23,26)/t11-,18-/m1/s1. The summed E-state index contributed by atoms with van der Waals surface area (Å²) >= 11 is 9.96. The van der Waals surface area contributed by atoms with Gasteiger partial charge >= 0.3 is 5.97 Å². The Morgan fingerprint density at radius 3 is 2.50 bits per heavy atom. The van der Waals surface area contributed by atoms with Gasteiger partial charge in [-0.25, -0.2) is 8.42 Å². The van der Waals surface area contributed by atoms with E-state index < -0.39 is 40.7 Å². The number of esters is 1. The quantitative estimate of drug-likeness (QED) is 0.240. The topological polar surface area (TPSA) is 146 Å². The van der Waals surface area contributed by atoms with Crippen LogP contribution >= 0.6 is 39.3 Å². The number of aliphatic hydroxyl groups excluding tert-OH is 1. The second-order valence-electron chi connectivity index (χ2n) is 6.28. The maximum absolute atomic E-state index is 12.5. The number of hydrogen-bond acceptors (Lipinski definition) is 8. The summed E-state index contributed by atoms with van der Waals surface area (Å²) in [6.07, 6.45) is -1.44. The number of aliphatic hydroxyl groups is 1. The third-order valence-corrected chi connectivity index (χ3v) is 6.81. The number of anilines is 1. The molecule has 0 aliphatic heterocycles. The summed E-state index contributed by atoms with van der Waals surface area (Å²) in [4.78, 5) is 25.0. The van der Waals surface area contributed by atoms with Crippen molar-refractivity contribution in [3.05, 3.63) is 52.0 Å². The number of benzene rings is 2. The molecule has 0 aromatic heterocycles. The van der Waals surface area contributed by atoms with Crippen molar-refractivity contribution in [3.8, 4) is 5.40 Å². The Morgan fingerprint density at radius 1 is 1.28 bits per heavy atom. The highest BCUT2D eigenvalue weighted by atomic mass is 79.9. The molecule has 2 atom stereocenters. The van der Waals surface area contributed by atoms with Crippen LogP contribution in [-0.2, 0) is 24.3 Å². The summed E-state index contributed by atoms with van der Waals surface area (Å²) in [5, 5.41) is 23.3. The summed E-state index contributed by atoms with van der Waals surface area (Å²) in [5.74, 6) is -1.82. The molecular formula is C19H17BrClN3O6S2. The molecule has 0 fully saturated rings. The Labute approximate surface area is 202 Å². The number of rotatable bonds is 9. The summed E-state index contributed by atoms with van der Waals surface area (Å²) in [7, 11) is -4.17. The van der Waals surface area contributed by atoms with E-state index in [-0.39, 0.29) is 4.90 Å². The van der Waals surface area contributed by atoms with Crippen LogP contribution < -0.4 is 10.0 Å². The minimum absolute atomic E-state index is 0.166. The lowest BCUT2D eigenvalue weighted by Gasteiger charge is -2.20. The predicted molar refractivity (Wildman–Crippen MR) is 122 cm³/mol. The third kappa shape index (κ3) is 7.47. The number of sulfonamides is 1. The maximum Gasteiger partial charge on any atom is 0.327 e. The van der Waals surface area contributed by atoms with Gasteiger partial charge in [0, 0.05) is 14.4 Å². The molecule has 0 aliphatic rings. The van der Waals surface area contributed by atoms with Crippen molar-refractivity contribution in [2.24, 2.45) is 0 Å². The molecule has 2 aromatic carbocycles. The van der Waals surface area contributed by atoms with Gasteiger partial charge in [-0.15, -0.1) is 0 Å². The van der Waals surface area contributed by atoms with E-state index >= 15 is 0 Å². The molecule has 0 spiro atoms. The highest BCUT2D eigenvalue weighted by molar-refractivity contribution is 9.10. The maximum atomic E-state index is 12.5. The fourth-order valence-corrected chi connectivity index (χ4v) is 4.75. The lowest BCUT2D eigenvalue weighted by molar-refractivity contribution is -0.151. The van der Waals surface area contributed by atoms with Crippen molar-refractivity contribution in [1.82, 2.24) is 4.72 Å². The molecule has 0 saturated carbocycles. The van der Waals surface area contributed by atoms with Gasteiger partial charge < -0.3 is 15.2 Å². The van der Waals surface area contributed by atoms with Crippen molar-refractivity contribution in [3.63, 3.8) is 0 Å². The first-order chi connectivity index (χ1) is 15.0. The van der Waals surface area contributed by atoms with Crippen LogP contribution in [0.2, 0.25) is 5.02 Å². The van der Waals surface area contributed by atoms with Crippen molar-refractivity contribution >= 4 is 66.9 Å². The smallest absolute Gasteiger partial charge is 0.327 e. The zero-order valence-corrected chi connectivity index (χ0v) is 20.4. The van der Waals surface area contributed by atoms with E-state index in [9.17, 15) is 23.1 Å². The lowest BCUT2D eigenvalue weighted by Crippen LogP contribution is -2.48. The van der Waals surface area contributed by atoms with Crippen LogP contribution in [0.15, 0.2) is 56.7 Å². The van der Waals surface area contributed by atoms with Gasteiger partial charge in [0.2, 0.25) is 10.0 Å². The first-order valence-corrected chi connectivity index (χ1v) is 12.3. The van der Waals surface area contributed by atoms with Crippen molar-refractivity contribution in [2.45, 2.75) is 28.9 Å². The van der Waals surface area contributed by atoms with Crippen LogP contribution in [0.4, 0.5) is 5.69 Å². The number of carbonyl (C=O) groups is 2. The molecule has 170 valence electrons. The van der Waals surface area contributed by atoms with Crippen LogP contribution in [0.5, 0.6) is 0 Å². The Morgan fingerprint density at radius 2 is 1.94 bits per heavy atom. The van der Waals surface area contributed by atoms with Gasteiger partial charge in [-0.05, 0) is 77.1 Å². The predicted octanol–water partition coefficient (Wildman–Crippen LogP) is 2.89. The van der Waals surface area contributed by atoms with Gasteiger partial charge in [0.15, 0.2) is 6.61 Å². The Balaban J connectivity index is 2.00. The summed E-state index contributed by atoms with van der Waals surface area (Å²) in [5.41, 5.74) is 0.379. The number of thioether (sulfide) groups is 1. The first kappa shape index (κ1) is 26.1. The average molecular weight is 563 g/mol. The average Bonchev–Trinajstić information content (AvgIpc) is 2.72. The highest BCUT2D eigenvalue weighted by Gasteiger charge is 2.31. The molecule has 0 aliphatic carbocycles. The second-order valence-corrected chi connectivity index (χ2v) is 10.1. The van der Waals surface area contributed by atoms with Crippen molar-refractivity contribution in [1.29, 1.82) is 5.26 Å². The van der Waals surface area contributed by atoms with Crippen LogP contribution in [0.1, 0.15) is 6.92 Å². The van der Waals surface area contributed by atoms with Gasteiger partial charge in [0.25, 0.3) is 5.91 Å². The molecule has 0 saturated heterocycles. The van der Waals surface area contributed by atoms with E-state index in [1.807, 2.05) is 5.40 Å². The minimum Gasteiger partial charge on any atom is -0.454 e. The fourth-order valence-electron chi connectivity index (χ4n) is 2.32. The summed E-state index contributed by atoms with van der Waals surface area (Å²) in [6.45, 7) is 0.486. The zero-order chi connectivity index (χ0) is 23.9. The molecule has 2 rings (SSSR count). The normalized spacial score (nSPS) is 13.0. The Kier molecular flexibility index (Phi) is 9.50. The molecule has 1 amide bonds. The number of hydrogen-bond donors (Lipinski definition) is 3. The molecule has 2 aromatic rings. The number of nitrogens with zero attached hydrogens (tertiary/aromatic N) is 1. The van der Waals surface area contributed by atoms with Crippen LogP contribution in [0, 0.1) is 10.7 Å². The number of carbonyl (C=O) groups excluding carboxylic acids is 2. The summed E-state index contributed by atoms with van der Waals surface area (Å²) in [6, 6.07) is 8.36. The number of thiocyanates is 1. The summed E-state index contributed by atoms with van der Waals surface area (Å²) < 4.78 is 32.4. The molecule has 0 radical (unpaired) electrons. The molecule has 32 heavy (non-hydrogen) atoms. The SMILES string of the molecule is C[C@@H](O)[C@@H](NS(=O)(=O)c1ccc(Cl)cc1)C(=O)OCC(=O)Nc1ccc(SC#N)cc1Br. The first-order valence-electron chi connectivity index (χ1n) is 8.81. The third-order valence-electron chi connectivity index (χ3n) is 3.87. The van der Waals surface area contributed by atoms with E-state index in [1.165, 1.54) is 31.2 Å². The van der Waals surface area contributed by atoms with Gasteiger partial charge in [-0.1, -0.05) is 11.6 Å². The van der Waals surface area contributed by atoms with Crippen LogP contribution in [0.3, 0.4) is 0 Å². The molecule has 3 N–H and O–H groups in total. The molecule has 9 nitrogen and oxygen atoms in total. The second kappa shape index (κ2) is 11.6. The molecule has 0 bridgehead atoms. The largest absolute Gasteiger partial charge is 0.454 e. The van der Waals surface area contributed by atoms with E-state index in [0.29, 0.717) is 20.1 Å². The number of halogens is 2. The van der Waals surface area contributed by atoms with Gasteiger partial charge in [0.05, 0.1) is 16.7 Å². The highest BCUT2D eigenvalue weighted by Crippen LogP contribution is 2.28. The molecule has 0 unspecified atom stereocenters. The van der Waals surface area contributed by atoms with Gasteiger partial charge in [-0.3, -0.25) is 9.59 Å². The van der Waals surface area contributed by atoms with Gasteiger partial charge in [-0.2, -0.15) is 9.98 Å².